The molecule has 1 amide bonds. The number of thiazole rings is 1. The number of amides is 1. The number of nitrogens with zero attached hydrogens (tertiary/aromatic N) is 2. The van der Waals surface area contributed by atoms with Gasteiger partial charge in [-0.15, -0.1) is 11.3 Å². The lowest BCUT2D eigenvalue weighted by Gasteiger charge is -2.20. The molecule has 0 atom stereocenters. The predicted molar refractivity (Wildman–Crippen MR) is 92.2 cm³/mol. The van der Waals surface area contributed by atoms with Crippen molar-refractivity contribution in [1.29, 1.82) is 0 Å². The smallest absolute Gasteiger partial charge is 0.262 e. The van der Waals surface area contributed by atoms with Crippen molar-refractivity contribution in [1.82, 2.24) is 9.38 Å². The van der Waals surface area contributed by atoms with Crippen LogP contribution in [0.25, 0.3) is 4.96 Å². The van der Waals surface area contributed by atoms with Gasteiger partial charge < -0.3 is 15.4 Å². The van der Waals surface area contributed by atoms with E-state index in [1.807, 2.05) is 5.38 Å². The normalized spacial score (nSPS) is 13.3. The van der Waals surface area contributed by atoms with Gasteiger partial charge >= 0.3 is 0 Å². The third-order valence-corrected chi connectivity index (χ3v) is 4.59. The topological polar surface area (TPSA) is 84.7 Å². The van der Waals surface area contributed by atoms with Gasteiger partial charge in [0.1, 0.15) is 5.75 Å². The Balaban J connectivity index is 1.59. The first-order chi connectivity index (χ1) is 11.6. The highest BCUT2D eigenvalue weighted by Gasteiger charge is 2.18. The zero-order valence-corrected chi connectivity index (χ0v) is 13.8. The first kappa shape index (κ1) is 15.0. The number of nitrogens with one attached hydrogen (secondary N) is 2. The SMILES string of the molecule is O=C1COc2cc(NCc3cc(=O)n4ccsc4n3)c(Cl)cc2N1. The monoisotopic (exact) mass is 362 g/mol. The molecule has 3 heterocycles. The van der Waals surface area contributed by atoms with E-state index in [-0.39, 0.29) is 18.1 Å². The largest absolute Gasteiger partial charge is 0.482 e. The molecule has 0 radical (unpaired) electrons. The van der Waals surface area contributed by atoms with E-state index in [9.17, 15) is 9.59 Å². The van der Waals surface area contributed by atoms with Crippen LogP contribution in [0.15, 0.2) is 34.6 Å². The van der Waals surface area contributed by atoms with Gasteiger partial charge in [-0.1, -0.05) is 11.6 Å². The molecule has 4 rings (SSSR count). The molecule has 0 fully saturated rings. The van der Waals surface area contributed by atoms with Gasteiger partial charge in [0.05, 0.1) is 28.6 Å². The average Bonchev–Trinajstić information content (AvgIpc) is 3.02. The molecule has 2 N–H and O–H groups in total. The van der Waals surface area contributed by atoms with Crippen molar-refractivity contribution >= 4 is 45.2 Å². The Morgan fingerprint density at radius 1 is 1.38 bits per heavy atom. The van der Waals surface area contributed by atoms with E-state index in [2.05, 4.69) is 15.6 Å². The molecule has 1 aliphatic heterocycles. The summed E-state index contributed by atoms with van der Waals surface area (Å²) < 4.78 is 6.87. The highest BCUT2D eigenvalue weighted by atomic mass is 35.5. The van der Waals surface area contributed by atoms with Crippen LogP contribution in [0.5, 0.6) is 5.75 Å². The van der Waals surface area contributed by atoms with Crippen LogP contribution in [0.4, 0.5) is 11.4 Å². The van der Waals surface area contributed by atoms with Crippen LogP contribution in [0, 0.1) is 0 Å². The number of hydrogen-bond donors (Lipinski definition) is 2. The van der Waals surface area contributed by atoms with E-state index in [1.54, 1.807) is 18.3 Å². The summed E-state index contributed by atoms with van der Waals surface area (Å²) in [6, 6.07) is 4.82. The Labute approximate surface area is 144 Å². The number of benzene rings is 1. The molecule has 0 spiro atoms. The molecule has 122 valence electrons. The summed E-state index contributed by atoms with van der Waals surface area (Å²) in [7, 11) is 0. The van der Waals surface area contributed by atoms with Crippen molar-refractivity contribution in [2.45, 2.75) is 6.54 Å². The lowest BCUT2D eigenvalue weighted by molar-refractivity contribution is -0.118. The van der Waals surface area contributed by atoms with E-state index in [0.717, 1.165) is 0 Å². The molecule has 9 heteroatoms. The van der Waals surface area contributed by atoms with Crippen LogP contribution in [-0.4, -0.2) is 21.9 Å². The average molecular weight is 363 g/mol. The molecule has 7 nitrogen and oxygen atoms in total. The number of halogens is 1. The minimum Gasteiger partial charge on any atom is -0.482 e. The first-order valence-corrected chi connectivity index (χ1v) is 8.32. The molecule has 3 aromatic rings. The highest BCUT2D eigenvalue weighted by molar-refractivity contribution is 7.15. The third kappa shape index (κ3) is 2.70. The van der Waals surface area contributed by atoms with Gasteiger partial charge in [-0.25, -0.2) is 4.98 Å². The number of carbonyl (C=O) groups excluding carboxylic acids is 1. The Hall–Kier alpha value is -2.58. The van der Waals surface area contributed by atoms with Crippen LogP contribution in [-0.2, 0) is 11.3 Å². The fourth-order valence-electron chi connectivity index (χ4n) is 2.40. The Kier molecular flexibility index (Phi) is 3.62. The predicted octanol–water partition coefficient (Wildman–Crippen LogP) is 2.35. The molecular weight excluding hydrogens is 352 g/mol. The van der Waals surface area contributed by atoms with E-state index in [0.29, 0.717) is 39.3 Å². The summed E-state index contributed by atoms with van der Waals surface area (Å²) in [5.74, 6) is 0.330. The van der Waals surface area contributed by atoms with Crippen molar-refractivity contribution < 1.29 is 9.53 Å². The van der Waals surface area contributed by atoms with Crippen molar-refractivity contribution in [3.63, 3.8) is 0 Å². The number of rotatable bonds is 3. The summed E-state index contributed by atoms with van der Waals surface area (Å²) in [6.45, 7) is 0.315. The number of fused-ring (bicyclic) bond motifs is 2. The third-order valence-electron chi connectivity index (χ3n) is 3.52. The number of carbonyl (C=O) groups is 1. The summed E-state index contributed by atoms with van der Waals surface area (Å²) in [5, 5.41) is 8.09. The summed E-state index contributed by atoms with van der Waals surface area (Å²) in [4.78, 5) is 28.4. The lowest BCUT2D eigenvalue weighted by Crippen LogP contribution is -2.25. The van der Waals surface area contributed by atoms with Gasteiger partial charge in [0.25, 0.3) is 11.5 Å². The van der Waals surface area contributed by atoms with Crippen molar-refractivity contribution in [3.05, 3.63) is 50.8 Å². The van der Waals surface area contributed by atoms with Crippen molar-refractivity contribution in [2.24, 2.45) is 0 Å². The van der Waals surface area contributed by atoms with E-state index >= 15 is 0 Å². The second kappa shape index (κ2) is 5.81. The molecule has 1 aliphatic rings. The maximum atomic E-state index is 12.0. The van der Waals surface area contributed by atoms with Crippen LogP contribution in [0.3, 0.4) is 0 Å². The minimum absolute atomic E-state index is 0.0264. The van der Waals surface area contributed by atoms with Gasteiger partial charge in [-0.2, -0.15) is 0 Å². The van der Waals surface area contributed by atoms with E-state index in [4.69, 9.17) is 16.3 Å². The van der Waals surface area contributed by atoms with E-state index < -0.39 is 0 Å². The maximum Gasteiger partial charge on any atom is 0.262 e. The molecular formula is C15H11ClN4O3S. The fraction of sp³-hybridized carbons (Fsp3) is 0.133. The summed E-state index contributed by atoms with van der Waals surface area (Å²) in [6.07, 6.45) is 1.69. The Morgan fingerprint density at radius 3 is 3.12 bits per heavy atom. The van der Waals surface area contributed by atoms with Gasteiger partial charge in [0, 0.05) is 23.7 Å². The van der Waals surface area contributed by atoms with E-state index in [1.165, 1.54) is 21.8 Å². The van der Waals surface area contributed by atoms with Gasteiger partial charge in [0.15, 0.2) is 11.6 Å². The molecule has 0 aliphatic carbocycles. The second-order valence-electron chi connectivity index (χ2n) is 5.16. The number of ether oxygens (including phenoxy) is 1. The van der Waals surface area contributed by atoms with Crippen molar-refractivity contribution in [2.75, 3.05) is 17.2 Å². The lowest BCUT2D eigenvalue weighted by atomic mass is 10.2. The van der Waals surface area contributed by atoms with Gasteiger partial charge in [-0.05, 0) is 6.07 Å². The summed E-state index contributed by atoms with van der Waals surface area (Å²) in [5.41, 5.74) is 1.67. The molecule has 0 unspecified atom stereocenters. The van der Waals surface area contributed by atoms with Crippen molar-refractivity contribution in [3.8, 4) is 5.75 Å². The first-order valence-electron chi connectivity index (χ1n) is 7.06. The Morgan fingerprint density at radius 2 is 2.25 bits per heavy atom. The van der Waals surface area contributed by atoms with Gasteiger partial charge in [0.2, 0.25) is 0 Å². The molecule has 0 saturated carbocycles. The molecule has 1 aromatic carbocycles. The second-order valence-corrected chi connectivity index (χ2v) is 6.44. The van der Waals surface area contributed by atoms with Crippen LogP contribution in [0.1, 0.15) is 5.69 Å². The molecule has 0 saturated heterocycles. The molecule has 0 bridgehead atoms. The highest BCUT2D eigenvalue weighted by Crippen LogP contribution is 2.36. The maximum absolute atomic E-state index is 12.0. The standard InChI is InChI=1S/C15H11ClN4O3S/c16-9-4-11-12(23-7-13(21)19-11)5-10(9)17-6-8-3-14(22)20-1-2-24-15(20)18-8/h1-5,17H,6-7H2,(H,19,21). The quantitative estimate of drug-likeness (QED) is 0.747. The fourth-order valence-corrected chi connectivity index (χ4v) is 3.37. The number of hydrogen-bond acceptors (Lipinski definition) is 6. The van der Waals surface area contributed by atoms with Crippen LogP contribution < -0.4 is 20.9 Å². The number of anilines is 2. The van der Waals surface area contributed by atoms with Crippen LogP contribution >= 0.6 is 22.9 Å². The number of aromatic nitrogens is 2. The summed E-state index contributed by atoms with van der Waals surface area (Å²) >= 11 is 7.63. The zero-order chi connectivity index (χ0) is 16.7. The zero-order valence-electron chi connectivity index (χ0n) is 12.2. The van der Waals surface area contributed by atoms with Gasteiger partial charge in [-0.3, -0.25) is 14.0 Å². The molecule has 24 heavy (non-hydrogen) atoms. The van der Waals surface area contributed by atoms with Crippen LogP contribution in [0.2, 0.25) is 5.02 Å². The Bertz CT molecular complexity index is 1010. The minimum atomic E-state index is -0.215. The molecule has 2 aromatic heterocycles.